The van der Waals surface area contributed by atoms with Gasteiger partial charge < -0.3 is 10.2 Å². The summed E-state index contributed by atoms with van der Waals surface area (Å²) in [6.45, 7) is 6.31. The number of hydrogen-bond donors (Lipinski definition) is 1. The van der Waals surface area contributed by atoms with Gasteiger partial charge in [0.15, 0.2) is 0 Å². The summed E-state index contributed by atoms with van der Waals surface area (Å²) < 4.78 is 37.6. The maximum Gasteiger partial charge on any atom is 0.405 e. The second kappa shape index (κ2) is 8.27. The largest absolute Gasteiger partial charge is 0.405 e. The van der Waals surface area contributed by atoms with Crippen molar-refractivity contribution in [1.82, 2.24) is 5.32 Å². The molecular formula is C16H25F3N2. The summed E-state index contributed by atoms with van der Waals surface area (Å²) in [5.41, 5.74) is 1.74. The first-order valence-corrected chi connectivity index (χ1v) is 7.56. The highest BCUT2D eigenvalue weighted by atomic mass is 19.4. The van der Waals surface area contributed by atoms with E-state index in [1.54, 1.807) is 19.1 Å². The molecule has 0 aliphatic carbocycles. The SMILES string of the molecule is CCCNC(CC)c1ccc(N(CC)CC(F)(F)F)cc1. The van der Waals surface area contributed by atoms with Crippen LogP contribution in [0.2, 0.25) is 0 Å². The zero-order chi connectivity index (χ0) is 15.9. The van der Waals surface area contributed by atoms with Gasteiger partial charge in [0.1, 0.15) is 6.54 Å². The van der Waals surface area contributed by atoms with Crippen molar-refractivity contribution in [2.45, 2.75) is 45.8 Å². The molecule has 0 bridgehead atoms. The summed E-state index contributed by atoms with van der Waals surface area (Å²) in [6, 6.07) is 7.66. The van der Waals surface area contributed by atoms with E-state index < -0.39 is 12.7 Å². The minimum absolute atomic E-state index is 0.261. The average molecular weight is 302 g/mol. The van der Waals surface area contributed by atoms with Gasteiger partial charge in [-0.05, 0) is 44.0 Å². The Labute approximate surface area is 125 Å². The molecule has 0 aliphatic heterocycles. The molecule has 0 saturated carbocycles. The first-order chi connectivity index (χ1) is 9.91. The van der Waals surface area contributed by atoms with E-state index in [2.05, 4.69) is 19.2 Å². The van der Waals surface area contributed by atoms with Crippen LogP contribution in [-0.4, -0.2) is 25.8 Å². The molecular weight excluding hydrogens is 277 g/mol. The monoisotopic (exact) mass is 302 g/mol. The zero-order valence-electron chi connectivity index (χ0n) is 13.0. The van der Waals surface area contributed by atoms with Crippen molar-refractivity contribution in [3.63, 3.8) is 0 Å². The molecule has 0 aliphatic rings. The molecule has 1 rings (SSSR count). The molecule has 1 aromatic rings. The summed E-state index contributed by atoms with van der Waals surface area (Å²) in [4.78, 5) is 1.34. The van der Waals surface area contributed by atoms with Crippen LogP contribution in [-0.2, 0) is 0 Å². The maximum absolute atomic E-state index is 12.5. The number of halogens is 3. The van der Waals surface area contributed by atoms with Crippen LogP contribution in [0.3, 0.4) is 0 Å². The minimum Gasteiger partial charge on any atom is -0.363 e. The summed E-state index contributed by atoms with van der Waals surface area (Å²) in [5, 5.41) is 3.44. The number of benzene rings is 1. The van der Waals surface area contributed by atoms with Gasteiger partial charge in [0, 0.05) is 18.3 Å². The van der Waals surface area contributed by atoms with Crippen LogP contribution in [0.25, 0.3) is 0 Å². The van der Waals surface area contributed by atoms with Gasteiger partial charge in [-0.1, -0.05) is 26.0 Å². The molecule has 0 aromatic heterocycles. The van der Waals surface area contributed by atoms with E-state index in [-0.39, 0.29) is 6.04 Å². The van der Waals surface area contributed by atoms with Crippen LogP contribution in [0.4, 0.5) is 18.9 Å². The first-order valence-electron chi connectivity index (χ1n) is 7.56. The second-order valence-electron chi connectivity index (χ2n) is 5.14. The van der Waals surface area contributed by atoms with E-state index >= 15 is 0 Å². The third kappa shape index (κ3) is 5.96. The molecule has 1 aromatic carbocycles. The van der Waals surface area contributed by atoms with Gasteiger partial charge in [-0.15, -0.1) is 0 Å². The van der Waals surface area contributed by atoms with Crippen LogP contribution in [0.5, 0.6) is 0 Å². The zero-order valence-corrected chi connectivity index (χ0v) is 13.0. The Bertz CT molecular complexity index is 401. The molecule has 0 spiro atoms. The molecule has 120 valence electrons. The molecule has 1 unspecified atom stereocenters. The second-order valence-corrected chi connectivity index (χ2v) is 5.14. The van der Waals surface area contributed by atoms with Gasteiger partial charge in [0.05, 0.1) is 0 Å². The number of nitrogens with zero attached hydrogens (tertiary/aromatic N) is 1. The summed E-state index contributed by atoms with van der Waals surface area (Å²) in [5.74, 6) is 0. The van der Waals surface area contributed by atoms with Crippen molar-refractivity contribution < 1.29 is 13.2 Å². The van der Waals surface area contributed by atoms with Crippen molar-refractivity contribution >= 4 is 5.69 Å². The fourth-order valence-electron chi connectivity index (χ4n) is 2.34. The van der Waals surface area contributed by atoms with E-state index in [1.807, 2.05) is 12.1 Å². The number of nitrogens with one attached hydrogen (secondary N) is 1. The van der Waals surface area contributed by atoms with Crippen LogP contribution in [0.15, 0.2) is 24.3 Å². The number of rotatable bonds is 8. The molecule has 1 atom stereocenters. The molecule has 0 amide bonds. The van der Waals surface area contributed by atoms with E-state index in [0.29, 0.717) is 12.2 Å². The van der Waals surface area contributed by atoms with E-state index in [1.165, 1.54) is 4.90 Å². The molecule has 1 N–H and O–H groups in total. The standard InChI is InChI=1S/C16H25F3N2/c1-4-11-20-15(5-2)13-7-9-14(10-8-13)21(6-3)12-16(17,18)19/h7-10,15,20H,4-6,11-12H2,1-3H3. The van der Waals surface area contributed by atoms with Gasteiger partial charge in [-0.25, -0.2) is 0 Å². The summed E-state index contributed by atoms with van der Waals surface area (Å²) in [7, 11) is 0. The Hall–Kier alpha value is -1.23. The normalized spacial score (nSPS) is 13.2. The minimum atomic E-state index is -4.18. The van der Waals surface area contributed by atoms with Gasteiger partial charge in [0.2, 0.25) is 0 Å². The van der Waals surface area contributed by atoms with E-state index in [4.69, 9.17) is 0 Å². The maximum atomic E-state index is 12.5. The fraction of sp³-hybridized carbons (Fsp3) is 0.625. The highest BCUT2D eigenvalue weighted by Gasteiger charge is 2.30. The molecule has 5 heteroatoms. The van der Waals surface area contributed by atoms with Crippen LogP contribution in [0, 0.1) is 0 Å². The molecule has 0 heterocycles. The Balaban J connectivity index is 2.79. The quantitative estimate of drug-likeness (QED) is 0.759. The molecule has 0 fully saturated rings. The van der Waals surface area contributed by atoms with E-state index in [0.717, 1.165) is 24.9 Å². The molecule has 0 radical (unpaired) electrons. The lowest BCUT2D eigenvalue weighted by atomic mass is 10.0. The third-order valence-corrected chi connectivity index (χ3v) is 3.46. The molecule has 0 saturated heterocycles. The van der Waals surface area contributed by atoms with Crippen molar-refractivity contribution in [1.29, 1.82) is 0 Å². The Kier molecular flexibility index (Phi) is 7.02. The van der Waals surface area contributed by atoms with Gasteiger partial charge in [0.25, 0.3) is 0 Å². The van der Waals surface area contributed by atoms with Gasteiger partial charge in [-0.3, -0.25) is 0 Å². The van der Waals surface area contributed by atoms with Crippen molar-refractivity contribution in [2.24, 2.45) is 0 Å². The Morgan fingerprint density at radius 2 is 1.71 bits per heavy atom. The van der Waals surface area contributed by atoms with Crippen molar-refractivity contribution in [3.05, 3.63) is 29.8 Å². The summed E-state index contributed by atoms with van der Waals surface area (Å²) >= 11 is 0. The van der Waals surface area contributed by atoms with Crippen LogP contribution < -0.4 is 10.2 Å². The molecule has 21 heavy (non-hydrogen) atoms. The number of hydrogen-bond acceptors (Lipinski definition) is 2. The third-order valence-electron chi connectivity index (χ3n) is 3.46. The molecule has 2 nitrogen and oxygen atoms in total. The number of anilines is 1. The fourth-order valence-corrected chi connectivity index (χ4v) is 2.34. The topological polar surface area (TPSA) is 15.3 Å². The van der Waals surface area contributed by atoms with Crippen LogP contribution in [0.1, 0.15) is 45.2 Å². The predicted molar refractivity (Wildman–Crippen MR) is 81.7 cm³/mol. The average Bonchev–Trinajstić information content (AvgIpc) is 2.45. The predicted octanol–water partition coefficient (Wildman–Crippen LogP) is 4.53. The Morgan fingerprint density at radius 3 is 2.14 bits per heavy atom. The lowest BCUT2D eigenvalue weighted by Gasteiger charge is -2.25. The lowest BCUT2D eigenvalue weighted by molar-refractivity contribution is -0.119. The van der Waals surface area contributed by atoms with Gasteiger partial charge >= 0.3 is 6.18 Å². The van der Waals surface area contributed by atoms with Crippen molar-refractivity contribution in [3.8, 4) is 0 Å². The highest BCUT2D eigenvalue weighted by molar-refractivity contribution is 5.48. The first kappa shape index (κ1) is 17.8. The van der Waals surface area contributed by atoms with Crippen LogP contribution >= 0.6 is 0 Å². The highest BCUT2D eigenvalue weighted by Crippen LogP contribution is 2.24. The smallest absolute Gasteiger partial charge is 0.363 e. The number of alkyl halides is 3. The van der Waals surface area contributed by atoms with E-state index in [9.17, 15) is 13.2 Å². The van der Waals surface area contributed by atoms with Crippen molar-refractivity contribution in [2.75, 3.05) is 24.5 Å². The lowest BCUT2D eigenvalue weighted by Crippen LogP contribution is -2.34. The van der Waals surface area contributed by atoms with Gasteiger partial charge in [-0.2, -0.15) is 13.2 Å². The Morgan fingerprint density at radius 1 is 1.10 bits per heavy atom. The summed E-state index contributed by atoms with van der Waals surface area (Å²) in [6.07, 6.45) is -2.16.